The largest absolute Gasteiger partial charge is 0.489 e. The summed E-state index contributed by atoms with van der Waals surface area (Å²) in [5.41, 5.74) is 2.42. The summed E-state index contributed by atoms with van der Waals surface area (Å²) in [6.45, 7) is 4.33. The number of aliphatic imine (C=N–C) groups is 1. The monoisotopic (exact) mass is 367 g/mol. The van der Waals surface area contributed by atoms with Crippen LogP contribution in [0, 0.1) is 11.7 Å². The summed E-state index contributed by atoms with van der Waals surface area (Å²) in [4.78, 5) is 7.32. The predicted molar refractivity (Wildman–Crippen MR) is 94.1 cm³/mol. The Kier molecular flexibility index (Phi) is 4.38. The third kappa shape index (κ3) is 2.71. The van der Waals surface area contributed by atoms with E-state index in [4.69, 9.17) is 21.3 Å². The van der Waals surface area contributed by atoms with Crippen LogP contribution in [-0.4, -0.2) is 47.2 Å². The van der Waals surface area contributed by atoms with Crippen molar-refractivity contribution >= 4 is 17.4 Å². The van der Waals surface area contributed by atoms with Gasteiger partial charge in [-0.15, -0.1) is 0 Å². The molecule has 4 aliphatic rings. The van der Waals surface area contributed by atoms with E-state index in [1.54, 1.807) is 13.0 Å². The number of nitrogens with zero attached hydrogens (tertiary/aromatic N) is 2. The van der Waals surface area contributed by atoms with E-state index >= 15 is 0 Å². The first-order chi connectivity index (χ1) is 12.1. The summed E-state index contributed by atoms with van der Waals surface area (Å²) < 4.78 is 20.2. The number of hydroxylamine groups is 1. The molecule has 4 fully saturated rings. The van der Waals surface area contributed by atoms with Crippen molar-refractivity contribution in [2.75, 3.05) is 19.7 Å². The molecule has 5 rings (SSSR count). The lowest BCUT2D eigenvalue weighted by molar-refractivity contribution is 0.0131. The molecule has 0 aromatic heterocycles. The van der Waals surface area contributed by atoms with Gasteiger partial charge >= 0.3 is 0 Å². The molecule has 0 amide bonds. The number of benzene rings is 1. The Hall–Kier alpha value is -1.37. The van der Waals surface area contributed by atoms with Gasteiger partial charge in [0.15, 0.2) is 17.4 Å². The van der Waals surface area contributed by atoms with Crippen molar-refractivity contribution < 1.29 is 14.3 Å². The first-order valence-corrected chi connectivity index (χ1v) is 9.32. The van der Waals surface area contributed by atoms with E-state index in [1.807, 2.05) is 0 Å². The van der Waals surface area contributed by atoms with Gasteiger partial charge in [-0.05, 0) is 63.7 Å². The van der Waals surface area contributed by atoms with Crippen molar-refractivity contribution in [1.29, 1.82) is 0 Å². The van der Waals surface area contributed by atoms with Crippen molar-refractivity contribution in [3.8, 4) is 5.75 Å². The summed E-state index contributed by atoms with van der Waals surface area (Å²) in [5, 5.41) is 9.86. The van der Waals surface area contributed by atoms with Gasteiger partial charge in [0, 0.05) is 5.54 Å². The van der Waals surface area contributed by atoms with Crippen LogP contribution in [0.2, 0.25) is 5.02 Å². The van der Waals surface area contributed by atoms with Crippen LogP contribution in [0.1, 0.15) is 38.2 Å². The Labute approximate surface area is 151 Å². The summed E-state index contributed by atoms with van der Waals surface area (Å²) in [7, 11) is 0. The molecular formula is C18H23ClFN3O2. The highest BCUT2D eigenvalue weighted by Gasteiger charge is 2.60. The normalized spacial score (nSPS) is 29.8. The Morgan fingerprint density at radius 1 is 1.44 bits per heavy atom. The van der Waals surface area contributed by atoms with Gasteiger partial charge in [0.25, 0.3) is 0 Å². The highest BCUT2D eigenvalue weighted by molar-refractivity contribution is 6.32. The molecule has 0 radical (unpaired) electrons. The van der Waals surface area contributed by atoms with Crippen LogP contribution in [-0.2, 0) is 0 Å². The molecule has 7 heteroatoms. The van der Waals surface area contributed by atoms with Crippen molar-refractivity contribution in [1.82, 2.24) is 10.4 Å². The molecule has 5 nitrogen and oxygen atoms in total. The Morgan fingerprint density at radius 3 is 2.76 bits per heavy atom. The molecular weight excluding hydrogens is 345 g/mol. The number of rotatable bonds is 4. The number of fused-ring (bicyclic) bond motifs is 2. The zero-order chi connectivity index (χ0) is 17.6. The molecule has 3 saturated heterocycles. The number of hydrogen-bond donors (Lipinski definition) is 2. The molecule has 2 N–H and O–H groups in total. The van der Waals surface area contributed by atoms with Crippen molar-refractivity contribution in [3.63, 3.8) is 0 Å². The maximum absolute atomic E-state index is 14.9. The lowest BCUT2D eigenvalue weighted by Crippen LogP contribution is -2.59. The van der Waals surface area contributed by atoms with Crippen LogP contribution < -0.4 is 10.2 Å². The zero-order valence-electron chi connectivity index (χ0n) is 14.3. The van der Waals surface area contributed by atoms with Gasteiger partial charge in [0.1, 0.15) is 0 Å². The summed E-state index contributed by atoms with van der Waals surface area (Å²) in [6, 6.07) is 3.19. The van der Waals surface area contributed by atoms with Gasteiger partial charge in [-0.1, -0.05) is 11.6 Å². The Bertz CT molecular complexity index is 700. The van der Waals surface area contributed by atoms with Crippen LogP contribution in [0.4, 0.5) is 4.39 Å². The first-order valence-electron chi connectivity index (χ1n) is 8.95. The smallest absolute Gasteiger partial charge is 0.177 e. The molecule has 1 spiro atoms. The third-order valence-corrected chi connectivity index (χ3v) is 6.19. The number of hydrogen-bond acceptors (Lipinski definition) is 4. The molecule has 3 aliphatic heterocycles. The average molecular weight is 368 g/mol. The Balaban J connectivity index is 1.71. The molecule has 1 aliphatic carbocycles. The van der Waals surface area contributed by atoms with Gasteiger partial charge in [-0.25, -0.2) is 4.39 Å². The second-order valence-electron chi connectivity index (χ2n) is 7.13. The maximum atomic E-state index is 14.9. The number of piperidine rings is 3. The number of amidine groups is 1. The van der Waals surface area contributed by atoms with Gasteiger partial charge in [0.05, 0.1) is 23.2 Å². The lowest BCUT2D eigenvalue weighted by Gasteiger charge is -2.50. The van der Waals surface area contributed by atoms with Crippen LogP contribution >= 0.6 is 11.6 Å². The standard InChI is InChI=1S/C18H23ClFN3O2/c1-2-25-15-13(19)4-3-12(14(15)20)17(22-24)21-16-11-5-9-23(10-6-11)18(16)7-8-18/h3-4,11,16,24H,2,5-10H2,1H3,(H,21,22)/t16-/m1/s1. The fraction of sp³-hybridized carbons (Fsp3) is 0.611. The van der Waals surface area contributed by atoms with Crippen molar-refractivity contribution in [2.45, 2.75) is 44.2 Å². The minimum absolute atomic E-state index is 0.000309. The highest BCUT2D eigenvalue weighted by Crippen LogP contribution is 2.55. The number of halogens is 2. The van der Waals surface area contributed by atoms with E-state index in [-0.39, 0.29) is 33.8 Å². The van der Waals surface area contributed by atoms with E-state index in [0.29, 0.717) is 12.5 Å². The molecule has 1 aromatic rings. The molecule has 25 heavy (non-hydrogen) atoms. The molecule has 0 unspecified atom stereocenters. The summed E-state index contributed by atoms with van der Waals surface area (Å²) >= 11 is 6.03. The summed E-state index contributed by atoms with van der Waals surface area (Å²) in [6.07, 6.45) is 4.48. The fourth-order valence-electron chi connectivity index (χ4n) is 4.54. The second-order valence-corrected chi connectivity index (χ2v) is 7.54. The molecule has 1 atom stereocenters. The topological polar surface area (TPSA) is 57.1 Å². The van der Waals surface area contributed by atoms with E-state index < -0.39 is 5.82 Å². The third-order valence-electron chi connectivity index (χ3n) is 5.90. The fourth-order valence-corrected chi connectivity index (χ4v) is 4.74. The molecule has 136 valence electrons. The molecule has 1 saturated carbocycles. The minimum atomic E-state index is -0.597. The van der Waals surface area contributed by atoms with Crippen LogP contribution in [0.25, 0.3) is 0 Å². The average Bonchev–Trinajstić information content (AvgIpc) is 3.41. The molecule has 2 bridgehead atoms. The predicted octanol–water partition coefficient (Wildman–Crippen LogP) is 3.23. The second kappa shape index (κ2) is 6.41. The lowest BCUT2D eigenvalue weighted by atomic mass is 9.77. The van der Waals surface area contributed by atoms with E-state index in [2.05, 4.69) is 10.4 Å². The van der Waals surface area contributed by atoms with Crippen molar-refractivity contribution in [3.05, 3.63) is 28.5 Å². The van der Waals surface area contributed by atoms with E-state index in [9.17, 15) is 9.60 Å². The summed E-state index contributed by atoms with van der Waals surface area (Å²) in [5.74, 6) is 0.0538. The molecule has 3 heterocycles. The van der Waals surface area contributed by atoms with E-state index in [1.165, 1.54) is 6.07 Å². The number of ether oxygens (including phenoxy) is 1. The Morgan fingerprint density at radius 2 is 2.16 bits per heavy atom. The quantitative estimate of drug-likeness (QED) is 0.487. The number of nitrogens with one attached hydrogen (secondary N) is 1. The van der Waals surface area contributed by atoms with Crippen LogP contribution in [0.15, 0.2) is 17.1 Å². The van der Waals surface area contributed by atoms with Crippen molar-refractivity contribution in [2.24, 2.45) is 10.9 Å². The van der Waals surface area contributed by atoms with Crippen LogP contribution in [0.3, 0.4) is 0 Å². The van der Waals surface area contributed by atoms with Crippen LogP contribution in [0.5, 0.6) is 5.75 Å². The minimum Gasteiger partial charge on any atom is -0.489 e. The van der Waals surface area contributed by atoms with Gasteiger partial charge in [0.2, 0.25) is 0 Å². The van der Waals surface area contributed by atoms with E-state index in [0.717, 1.165) is 38.8 Å². The van der Waals surface area contributed by atoms with Gasteiger partial charge in [-0.3, -0.25) is 20.6 Å². The molecule has 1 aromatic carbocycles. The van der Waals surface area contributed by atoms with Gasteiger partial charge < -0.3 is 4.74 Å². The maximum Gasteiger partial charge on any atom is 0.177 e. The zero-order valence-corrected chi connectivity index (χ0v) is 15.0. The van der Waals surface area contributed by atoms with Gasteiger partial charge in [-0.2, -0.15) is 0 Å². The first kappa shape index (κ1) is 17.1. The SMILES string of the molecule is CCOc1c(Cl)ccc(C(=N[C@@H]2C3CCN(CC3)C23CC3)NO)c1F. The highest BCUT2D eigenvalue weighted by atomic mass is 35.5.